The topological polar surface area (TPSA) is 18.5 Å². The van der Waals surface area contributed by atoms with Gasteiger partial charge >= 0.3 is 0 Å². The molecule has 0 amide bonds. The Morgan fingerprint density at radius 3 is 2.25 bits per heavy atom. The summed E-state index contributed by atoms with van der Waals surface area (Å²) < 4.78 is 10.5. The summed E-state index contributed by atoms with van der Waals surface area (Å²) in [6, 6.07) is 3.83. The van der Waals surface area contributed by atoms with Gasteiger partial charge in [-0.05, 0) is 12.0 Å². The van der Waals surface area contributed by atoms with Gasteiger partial charge in [-0.25, -0.2) is 0 Å². The zero-order chi connectivity index (χ0) is 12.3. The van der Waals surface area contributed by atoms with Gasteiger partial charge in [-0.1, -0.05) is 47.4 Å². The third kappa shape index (κ3) is 2.64. The Balaban J connectivity index is 3.25. The van der Waals surface area contributed by atoms with E-state index in [4.69, 9.17) is 21.1 Å². The van der Waals surface area contributed by atoms with E-state index in [9.17, 15) is 0 Å². The lowest BCUT2D eigenvalue weighted by Gasteiger charge is -2.19. The van der Waals surface area contributed by atoms with Crippen LogP contribution in [0.15, 0.2) is 12.1 Å². The molecule has 0 aliphatic rings. The number of halogens is 2. The van der Waals surface area contributed by atoms with Crippen molar-refractivity contribution in [2.24, 2.45) is 5.92 Å². The van der Waals surface area contributed by atoms with Gasteiger partial charge in [0.2, 0.25) is 0 Å². The van der Waals surface area contributed by atoms with Gasteiger partial charge in [0, 0.05) is 10.4 Å². The van der Waals surface area contributed by atoms with E-state index in [-0.39, 0.29) is 4.83 Å². The first-order valence-corrected chi connectivity index (χ1v) is 6.36. The van der Waals surface area contributed by atoms with Crippen LogP contribution < -0.4 is 9.47 Å². The molecule has 0 aliphatic heterocycles. The highest BCUT2D eigenvalue weighted by molar-refractivity contribution is 9.09. The van der Waals surface area contributed by atoms with Gasteiger partial charge < -0.3 is 9.47 Å². The largest absolute Gasteiger partial charge is 0.495 e. The van der Waals surface area contributed by atoms with Gasteiger partial charge in [0.05, 0.1) is 14.2 Å². The number of hydrogen-bond donors (Lipinski definition) is 0. The predicted molar refractivity (Wildman–Crippen MR) is 71.1 cm³/mol. The highest BCUT2D eigenvalue weighted by atomic mass is 79.9. The number of rotatable bonds is 4. The molecule has 0 heterocycles. The Labute approximate surface area is 110 Å². The molecule has 1 unspecified atom stereocenters. The summed E-state index contributed by atoms with van der Waals surface area (Å²) in [6.45, 7) is 4.27. The molecule has 0 bridgehead atoms. The number of methoxy groups -OCH3 is 2. The lowest BCUT2D eigenvalue weighted by molar-refractivity contribution is 0.389. The monoisotopic (exact) mass is 306 g/mol. The van der Waals surface area contributed by atoms with E-state index >= 15 is 0 Å². The molecule has 2 nitrogen and oxygen atoms in total. The molecule has 1 atom stereocenters. The van der Waals surface area contributed by atoms with Crippen molar-refractivity contribution in [2.45, 2.75) is 18.7 Å². The number of ether oxygens (including phenoxy) is 2. The van der Waals surface area contributed by atoms with Crippen LogP contribution in [0.1, 0.15) is 24.2 Å². The second-order valence-electron chi connectivity index (χ2n) is 3.85. The molecule has 0 aliphatic carbocycles. The molecule has 0 aromatic heterocycles. The summed E-state index contributed by atoms with van der Waals surface area (Å²) in [4.78, 5) is 0.214. The Kier molecular flexibility index (Phi) is 4.93. The van der Waals surface area contributed by atoms with Gasteiger partial charge in [-0.2, -0.15) is 0 Å². The molecule has 0 saturated carbocycles. The molecule has 1 aromatic carbocycles. The van der Waals surface area contributed by atoms with E-state index in [0.29, 0.717) is 22.4 Å². The van der Waals surface area contributed by atoms with Gasteiger partial charge in [-0.15, -0.1) is 0 Å². The van der Waals surface area contributed by atoms with Gasteiger partial charge in [-0.3, -0.25) is 0 Å². The third-order valence-electron chi connectivity index (χ3n) is 2.40. The second kappa shape index (κ2) is 5.78. The van der Waals surface area contributed by atoms with Crippen LogP contribution in [0.2, 0.25) is 5.02 Å². The maximum absolute atomic E-state index is 6.19. The van der Waals surface area contributed by atoms with Gasteiger partial charge in [0.15, 0.2) is 0 Å². The summed E-state index contributed by atoms with van der Waals surface area (Å²) in [7, 11) is 3.21. The number of benzene rings is 1. The number of alkyl halides is 1. The van der Waals surface area contributed by atoms with Crippen molar-refractivity contribution in [3.63, 3.8) is 0 Å². The Morgan fingerprint density at radius 2 is 1.81 bits per heavy atom. The standard InChI is InChI=1S/C12H16BrClO2/c1-7(2)10(13)8-5-6-9(15-3)11(14)12(8)16-4/h5-7,10H,1-4H3. The number of hydrogen-bond acceptors (Lipinski definition) is 2. The molecule has 0 fully saturated rings. The quantitative estimate of drug-likeness (QED) is 0.765. The van der Waals surface area contributed by atoms with Crippen LogP contribution in [-0.2, 0) is 0 Å². The first kappa shape index (κ1) is 13.7. The Morgan fingerprint density at radius 1 is 1.19 bits per heavy atom. The fourth-order valence-corrected chi connectivity index (χ4v) is 2.18. The van der Waals surface area contributed by atoms with E-state index in [1.54, 1.807) is 14.2 Å². The third-order valence-corrected chi connectivity index (χ3v) is 4.31. The van der Waals surface area contributed by atoms with Crippen molar-refractivity contribution in [1.82, 2.24) is 0 Å². The first-order valence-electron chi connectivity index (χ1n) is 5.07. The molecule has 0 N–H and O–H groups in total. The lowest BCUT2D eigenvalue weighted by atomic mass is 10.0. The Hall–Kier alpha value is -0.410. The Bertz CT molecular complexity index is 366. The zero-order valence-electron chi connectivity index (χ0n) is 9.88. The minimum atomic E-state index is 0.214. The minimum absolute atomic E-state index is 0.214. The average molecular weight is 308 g/mol. The lowest BCUT2D eigenvalue weighted by Crippen LogP contribution is -2.02. The highest BCUT2D eigenvalue weighted by Gasteiger charge is 2.20. The van der Waals surface area contributed by atoms with Crippen molar-refractivity contribution in [2.75, 3.05) is 14.2 Å². The molecule has 1 aromatic rings. The van der Waals surface area contributed by atoms with E-state index in [1.165, 1.54) is 0 Å². The van der Waals surface area contributed by atoms with Crippen molar-refractivity contribution in [3.05, 3.63) is 22.7 Å². The molecule has 4 heteroatoms. The van der Waals surface area contributed by atoms with Crippen LogP contribution in [-0.4, -0.2) is 14.2 Å². The van der Waals surface area contributed by atoms with Crippen molar-refractivity contribution in [1.29, 1.82) is 0 Å². The van der Waals surface area contributed by atoms with E-state index in [1.807, 2.05) is 12.1 Å². The SMILES string of the molecule is COc1ccc(C(Br)C(C)C)c(OC)c1Cl. The van der Waals surface area contributed by atoms with Crippen molar-refractivity contribution in [3.8, 4) is 11.5 Å². The van der Waals surface area contributed by atoms with Crippen LogP contribution in [0, 0.1) is 5.92 Å². The molecule has 0 saturated heterocycles. The maximum Gasteiger partial charge on any atom is 0.145 e. The van der Waals surface area contributed by atoms with Crippen LogP contribution in [0.4, 0.5) is 0 Å². The van der Waals surface area contributed by atoms with Gasteiger partial charge in [0.25, 0.3) is 0 Å². The molecule has 0 spiro atoms. The highest BCUT2D eigenvalue weighted by Crippen LogP contribution is 2.43. The summed E-state index contributed by atoms with van der Waals surface area (Å²) >= 11 is 9.84. The molecule has 1 rings (SSSR count). The fourth-order valence-electron chi connectivity index (χ4n) is 1.49. The van der Waals surface area contributed by atoms with E-state index in [0.717, 1.165) is 5.56 Å². The minimum Gasteiger partial charge on any atom is -0.495 e. The van der Waals surface area contributed by atoms with Crippen molar-refractivity contribution >= 4 is 27.5 Å². The summed E-state index contributed by atoms with van der Waals surface area (Å²) in [5.41, 5.74) is 1.04. The maximum atomic E-state index is 6.19. The van der Waals surface area contributed by atoms with Crippen LogP contribution in [0.25, 0.3) is 0 Å². The van der Waals surface area contributed by atoms with E-state index in [2.05, 4.69) is 29.8 Å². The van der Waals surface area contributed by atoms with Crippen LogP contribution in [0.3, 0.4) is 0 Å². The molecular formula is C12H16BrClO2. The predicted octanol–water partition coefficient (Wildman–Crippen LogP) is 4.45. The molecule has 0 radical (unpaired) electrons. The summed E-state index contributed by atoms with van der Waals surface area (Å²) in [6.07, 6.45) is 0. The normalized spacial score (nSPS) is 12.7. The molecule has 90 valence electrons. The summed E-state index contributed by atoms with van der Waals surface area (Å²) in [5.74, 6) is 1.76. The van der Waals surface area contributed by atoms with Crippen LogP contribution >= 0.6 is 27.5 Å². The van der Waals surface area contributed by atoms with E-state index < -0.39 is 0 Å². The molecular weight excluding hydrogens is 291 g/mol. The summed E-state index contributed by atoms with van der Waals surface area (Å²) in [5, 5.41) is 0.521. The molecule has 16 heavy (non-hydrogen) atoms. The van der Waals surface area contributed by atoms with Crippen molar-refractivity contribution < 1.29 is 9.47 Å². The fraction of sp³-hybridized carbons (Fsp3) is 0.500. The average Bonchev–Trinajstić information content (AvgIpc) is 2.27. The smallest absolute Gasteiger partial charge is 0.145 e. The zero-order valence-corrected chi connectivity index (χ0v) is 12.2. The van der Waals surface area contributed by atoms with Gasteiger partial charge in [0.1, 0.15) is 16.5 Å². The first-order chi connectivity index (χ1) is 7.52. The second-order valence-corrected chi connectivity index (χ2v) is 5.21. The van der Waals surface area contributed by atoms with Crippen LogP contribution in [0.5, 0.6) is 11.5 Å².